The number of amides is 2. The number of aryl methyl sites for hydroxylation is 1. The molecule has 2 amide bonds. The van der Waals surface area contributed by atoms with Crippen LogP contribution in [0.25, 0.3) is 0 Å². The van der Waals surface area contributed by atoms with E-state index in [2.05, 4.69) is 28.9 Å². The molecule has 1 aliphatic heterocycles. The van der Waals surface area contributed by atoms with Crippen LogP contribution in [0.5, 0.6) is 0 Å². The lowest BCUT2D eigenvalue weighted by Crippen LogP contribution is -2.52. The highest BCUT2D eigenvalue weighted by atomic mass is 16.2. The molecule has 0 unspecified atom stereocenters. The van der Waals surface area contributed by atoms with Crippen LogP contribution >= 0.6 is 0 Å². The maximum Gasteiger partial charge on any atom is 0.246 e. The van der Waals surface area contributed by atoms with E-state index in [1.807, 2.05) is 42.5 Å². The highest BCUT2D eigenvalue weighted by Gasteiger charge is 2.26. The van der Waals surface area contributed by atoms with Crippen molar-refractivity contribution in [2.24, 2.45) is 0 Å². The highest BCUT2D eigenvalue weighted by Crippen LogP contribution is 2.16. The SMILES string of the molecule is CCc1ccc(NC(=O)[C@H](C)NC(=O)[C@@H]2Cc3ccccc3CN2)cc1. The molecule has 0 aliphatic carbocycles. The van der Waals surface area contributed by atoms with Crippen LogP contribution < -0.4 is 16.0 Å². The number of benzene rings is 2. The monoisotopic (exact) mass is 351 g/mol. The zero-order valence-electron chi connectivity index (χ0n) is 15.2. The molecule has 136 valence electrons. The normalized spacial score (nSPS) is 17.1. The van der Waals surface area contributed by atoms with E-state index in [-0.39, 0.29) is 17.9 Å². The second kappa shape index (κ2) is 8.15. The molecular weight excluding hydrogens is 326 g/mol. The first kappa shape index (κ1) is 18.1. The predicted octanol–water partition coefficient (Wildman–Crippen LogP) is 2.41. The third-order valence-corrected chi connectivity index (χ3v) is 4.78. The summed E-state index contributed by atoms with van der Waals surface area (Å²) in [7, 11) is 0. The van der Waals surface area contributed by atoms with Gasteiger partial charge in [-0.25, -0.2) is 0 Å². The van der Waals surface area contributed by atoms with E-state index in [0.29, 0.717) is 13.0 Å². The van der Waals surface area contributed by atoms with Crippen molar-refractivity contribution >= 4 is 17.5 Å². The minimum absolute atomic E-state index is 0.150. The lowest BCUT2D eigenvalue weighted by Gasteiger charge is -2.26. The molecule has 0 saturated heterocycles. The number of fused-ring (bicyclic) bond motifs is 1. The first-order valence-electron chi connectivity index (χ1n) is 9.07. The number of nitrogens with one attached hydrogen (secondary N) is 3. The van der Waals surface area contributed by atoms with Crippen LogP contribution in [0.2, 0.25) is 0 Å². The van der Waals surface area contributed by atoms with Crippen LogP contribution in [0.4, 0.5) is 5.69 Å². The molecule has 0 radical (unpaired) electrons. The van der Waals surface area contributed by atoms with Crippen molar-refractivity contribution < 1.29 is 9.59 Å². The molecule has 1 heterocycles. The standard InChI is InChI=1S/C21H25N3O2/c1-3-15-8-10-18(11-9-15)24-20(25)14(2)23-21(26)19-12-16-6-4-5-7-17(16)13-22-19/h4-11,14,19,22H,3,12-13H2,1-2H3,(H,23,26)(H,24,25)/t14-,19-/m0/s1. The molecule has 0 bridgehead atoms. The van der Waals surface area contributed by atoms with Gasteiger partial charge in [-0.2, -0.15) is 0 Å². The van der Waals surface area contributed by atoms with Gasteiger partial charge in [-0.1, -0.05) is 43.3 Å². The molecule has 0 saturated carbocycles. The van der Waals surface area contributed by atoms with Crippen molar-refractivity contribution in [3.05, 3.63) is 65.2 Å². The van der Waals surface area contributed by atoms with E-state index in [1.165, 1.54) is 16.7 Å². The number of hydrogen-bond donors (Lipinski definition) is 3. The quantitative estimate of drug-likeness (QED) is 0.775. The highest BCUT2D eigenvalue weighted by molar-refractivity contribution is 5.97. The van der Waals surface area contributed by atoms with Crippen LogP contribution in [0.1, 0.15) is 30.5 Å². The zero-order chi connectivity index (χ0) is 18.5. The largest absolute Gasteiger partial charge is 0.343 e. The third-order valence-electron chi connectivity index (χ3n) is 4.78. The number of anilines is 1. The predicted molar refractivity (Wildman–Crippen MR) is 103 cm³/mol. The summed E-state index contributed by atoms with van der Waals surface area (Å²) >= 11 is 0. The average Bonchev–Trinajstić information content (AvgIpc) is 2.68. The fraction of sp³-hybridized carbons (Fsp3) is 0.333. The Morgan fingerprint density at radius 1 is 1.12 bits per heavy atom. The summed E-state index contributed by atoms with van der Waals surface area (Å²) in [5.74, 6) is -0.373. The Bertz CT molecular complexity index is 786. The van der Waals surface area contributed by atoms with Gasteiger partial charge in [0, 0.05) is 12.2 Å². The molecule has 0 aromatic heterocycles. The lowest BCUT2D eigenvalue weighted by molar-refractivity contribution is -0.127. The Hall–Kier alpha value is -2.66. The van der Waals surface area contributed by atoms with Crippen LogP contribution in [-0.4, -0.2) is 23.9 Å². The molecule has 2 aromatic carbocycles. The minimum atomic E-state index is -0.604. The lowest BCUT2D eigenvalue weighted by atomic mass is 9.95. The molecule has 26 heavy (non-hydrogen) atoms. The van der Waals surface area contributed by atoms with Gasteiger partial charge in [0.25, 0.3) is 0 Å². The van der Waals surface area contributed by atoms with E-state index in [4.69, 9.17) is 0 Å². The Morgan fingerprint density at radius 2 is 1.81 bits per heavy atom. The molecular formula is C21H25N3O2. The number of carbonyl (C=O) groups is 2. The van der Waals surface area contributed by atoms with Gasteiger partial charge in [0.2, 0.25) is 11.8 Å². The Morgan fingerprint density at radius 3 is 2.50 bits per heavy atom. The van der Waals surface area contributed by atoms with E-state index in [0.717, 1.165) is 12.1 Å². The van der Waals surface area contributed by atoms with Crippen molar-refractivity contribution in [2.75, 3.05) is 5.32 Å². The minimum Gasteiger partial charge on any atom is -0.343 e. The van der Waals surface area contributed by atoms with Crippen LogP contribution in [0.15, 0.2) is 48.5 Å². The Balaban J connectivity index is 1.54. The van der Waals surface area contributed by atoms with Crippen molar-refractivity contribution in [3.8, 4) is 0 Å². The summed E-state index contributed by atoms with van der Waals surface area (Å²) in [6, 6.07) is 14.9. The number of carbonyl (C=O) groups excluding carboxylic acids is 2. The molecule has 2 aromatic rings. The summed E-state index contributed by atoms with van der Waals surface area (Å²) in [5, 5.41) is 8.89. The van der Waals surface area contributed by atoms with E-state index < -0.39 is 6.04 Å². The van der Waals surface area contributed by atoms with Gasteiger partial charge in [0.15, 0.2) is 0 Å². The van der Waals surface area contributed by atoms with Crippen LogP contribution in [-0.2, 0) is 29.0 Å². The smallest absolute Gasteiger partial charge is 0.246 e. The third kappa shape index (κ3) is 4.29. The second-order valence-electron chi connectivity index (χ2n) is 6.68. The molecule has 5 nitrogen and oxygen atoms in total. The van der Waals surface area contributed by atoms with Gasteiger partial charge >= 0.3 is 0 Å². The van der Waals surface area contributed by atoms with Crippen LogP contribution in [0.3, 0.4) is 0 Å². The number of rotatable bonds is 5. The van der Waals surface area contributed by atoms with E-state index in [9.17, 15) is 9.59 Å². The van der Waals surface area contributed by atoms with Gasteiger partial charge in [-0.15, -0.1) is 0 Å². The Kier molecular flexibility index (Phi) is 5.68. The van der Waals surface area contributed by atoms with Crippen LogP contribution in [0, 0.1) is 0 Å². The van der Waals surface area contributed by atoms with Crippen molar-refractivity contribution in [2.45, 2.75) is 45.3 Å². The summed E-state index contributed by atoms with van der Waals surface area (Å²) in [4.78, 5) is 24.8. The average molecular weight is 351 g/mol. The first-order valence-corrected chi connectivity index (χ1v) is 9.07. The second-order valence-corrected chi connectivity index (χ2v) is 6.68. The summed E-state index contributed by atoms with van der Waals surface area (Å²) in [6.07, 6.45) is 1.59. The molecule has 2 atom stereocenters. The van der Waals surface area contributed by atoms with Crippen molar-refractivity contribution in [1.29, 1.82) is 0 Å². The van der Waals surface area contributed by atoms with Crippen molar-refractivity contribution in [1.82, 2.24) is 10.6 Å². The topological polar surface area (TPSA) is 70.2 Å². The summed E-state index contributed by atoms with van der Waals surface area (Å²) < 4.78 is 0. The molecule has 0 fully saturated rings. The van der Waals surface area contributed by atoms with Gasteiger partial charge in [0.05, 0.1) is 6.04 Å². The summed E-state index contributed by atoms with van der Waals surface area (Å²) in [6.45, 7) is 4.45. The maximum atomic E-state index is 12.5. The molecule has 3 rings (SSSR count). The molecule has 5 heteroatoms. The molecule has 1 aliphatic rings. The molecule has 3 N–H and O–H groups in total. The van der Waals surface area contributed by atoms with E-state index >= 15 is 0 Å². The summed E-state index contributed by atoms with van der Waals surface area (Å²) in [5.41, 5.74) is 4.35. The van der Waals surface area contributed by atoms with Gasteiger partial charge in [-0.05, 0) is 48.6 Å². The van der Waals surface area contributed by atoms with Gasteiger partial charge in [0.1, 0.15) is 6.04 Å². The fourth-order valence-corrected chi connectivity index (χ4v) is 3.09. The van der Waals surface area contributed by atoms with Gasteiger partial charge < -0.3 is 16.0 Å². The fourth-order valence-electron chi connectivity index (χ4n) is 3.09. The van der Waals surface area contributed by atoms with Gasteiger partial charge in [-0.3, -0.25) is 9.59 Å². The maximum absolute atomic E-state index is 12.5. The Labute approximate surface area is 154 Å². The zero-order valence-corrected chi connectivity index (χ0v) is 15.2. The van der Waals surface area contributed by atoms with Crippen molar-refractivity contribution in [3.63, 3.8) is 0 Å². The molecule has 0 spiro atoms. The van der Waals surface area contributed by atoms with E-state index in [1.54, 1.807) is 6.92 Å². The number of hydrogen-bond acceptors (Lipinski definition) is 3. The first-order chi connectivity index (χ1) is 12.6.